The molecule has 0 fully saturated rings. The maximum atomic E-state index is 14.5. The number of aromatic nitrogens is 2. The molecule has 3 aromatic carbocycles. The summed E-state index contributed by atoms with van der Waals surface area (Å²) in [6.45, 7) is 4.22. The molecule has 0 aliphatic rings. The smallest absolute Gasteiger partial charge is 0.326 e. The van der Waals surface area contributed by atoms with Crippen LogP contribution in [0.2, 0.25) is 0 Å². The van der Waals surface area contributed by atoms with Crippen molar-refractivity contribution >= 4 is 15.8 Å². The number of carbonyl (C=O) groups excluding carboxylic acids is 1. The number of sulfonamides is 1. The van der Waals surface area contributed by atoms with Gasteiger partial charge in [0.2, 0.25) is 10.0 Å². The molecule has 1 aromatic heterocycles. The number of primary sulfonamides is 1. The Bertz CT molecular complexity index is 1620. The molecular formula is C31H33F3N4O3S. The van der Waals surface area contributed by atoms with E-state index in [0.717, 1.165) is 12.0 Å². The fourth-order valence-electron chi connectivity index (χ4n) is 4.76. The number of Topliss-reactive ketones (excluding diaryl/α,β-unsaturated/α-hetero) is 1. The van der Waals surface area contributed by atoms with Gasteiger partial charge in [-0.15, -0.1) is 0 Å². The van der Waals surface area contributed by atoms with E-state index in [1.54, 1.807) is 71.3 Å². The molecule has 0 amide bonds. The maximum absolute atomic E-state index is 14.5. The van der Waals surface area contributed by atoms with Gasteiger partial charge in [-0.1, -0.05) is 80.1 Å². The van der Waals surface area contributed by atoms with Gasteiger partial charge in [0.05, 0.1) is 10.6 Å². The molecule has 0 atom stereocenters. The number of rotatable bonds is 12. The molecule has 222 valence electrons. The summed E-state index contributed by atoms with van der Waals surface area (Å²) >= 11 is 0. The predicted octanol–water partition coefficient (Wildman–Crippen LogP) is 6.42. The Morgan fingerprint density at radius 2 is 1.48 bits per heavy atom. The van der Waals surface area contributed by atoms with Crippen molar-refractivity contribution in [2.75, 3.05) is 0 Å². The Labute approximate surface area is 243 Å². The van der Waals surface area contributed by atoms with Crippen molar-refractivity contribution in [1.82, 2.24) is 14.5 Å². The van der Waals surface area contributed by atoms with Crippen molar-refractivity contribution in [2.24, 2.45) is 5.14 Å². The molecule has 0 aliphatic carbocycles. The first-order valence-electron chi connectivity index (χ1n) is 13.5. The third-order valence-electron chi connectivity index (χ3n) is 6.91. The molecule has 2 N–H and O–H groups in total. The van der Waals surface area contributed by atoms with Crippen LogP contribution in [-0.4, -0.2) is 28.7 Å². The molecular weight excluding hydrogens is 565 g/mol. The first-order valence-corrected chi connectivity index (χ1v) is 15.1. The molecule has 0 aliphatic heterocycles. The number of carbonyl (C=O) groups is 1. The quantitative estimate of drug-likeness (QED) is 0.190. The summed E-state index contributed by atoms with van der Waals surface area (Å²) in [4.78, 5) is 17.7. The number of halogens is 3. The predicted molar refractivity (Wildman–Crippen MR) is 155 cm³/mol. The van der Waals surface area contributed by atoms with Gasteiger partial charge in [0.15, 0.2) is 11.5 Å². The SMILES string of the molecule is CCCCn1c(-c2ccccc2)nc(C(F)(F)F)c1CN(Cc1ccc(C(C)=O)cc1)Cc1ccc(S(N)(=O)=O)cc1. The summed E-state index contributed by atoms with van der Waals surface area (Å²) in [7, 11) is -3.89. The summed E-state index contributed by atoms with van der Waals surface area (Å²) in [5.74, 6) is 0.172. The van der Waals surface area contributed by atoms with Gasteiger partial charge in [-0.3, -0.25) is 9.69 Å². The molecule has 0 unspecified atom stereocenters. The average Bonchev–Trinajstić information content (AvgIpc) is 3.31. The average molecular weight is 599 g/mol. The van der Waals surface area contributed by atoms with Gasteiger partial charge < -0.3 is 4.57 Å². The third-order valence-corrected chi connectivity index (χ3v) is 7.84. The number of ketones is 1. The van der Waals surface area contributed by atoms with Crippen LogP contribution in [-0.2, 0) is 42.4 Å². The van der Waals surface area contributed by atoms with E-state index in [9.17, 15) is 26.4 Å². The largest absolute Gasteiger partial charge is 0.435 e. The molecule has 7 nitrogen and oxygen atoms in total. The zero-order valence-electron chi connectivity index (χ0n) is 23.4. The van der Waals surface area contributed by atoms with Crippen molar-refractivity contribution in [2.45, 2.75) is 63.9 Å². The van der Waals surface area contributed by atoms with Gasteiger partial charge in [-0.2, -0.15) is 13.2 Å². The van der Waals surface area contributed by atoms with Gasteiger partial charge in [-0.05, 0) is 36.6 Å². The lowest BCUT2D eigenvalue weighted by atomic mass is 10.1. The standard InChI is InChI=1S/C31H33F3N4O3S/c1-3-4-18-38-28(29(31(32,33)34)36-30(38)26-8-6-5-7-9-26)21-37(19-23-10-14-25(15-11-23)22(2)39)20-24-12-16-27(17-13-24)42(35,40)41/h5-17H,3-4,18-21H2,1-2H3,(H2,35,40,41). The van der Waals surface area contributed by atoms with Crippen LogP contribution in [0.3, 0.4) is 0 Å². The van der Waals surface area contributed by atoms with E-state index < -0.39 is 21.9 Å². The topological polar surface area (TPSA) is 98.3 Å². The number of benzene rings is 3. The van der Waals surface area contributed by atoms with E-state index in [0.29, 0.717) is 29.7 Å². The zero-order chi connectivity index (χ0) is 30.5. The summed E-state index contributed by atoms with van der Waals surface area (Å²) in [6, 6.07) is 21.7. The molecule has 0 spiro atoms. The van der Waals surface area contributed by atoms with Crippen LogP contribution in [0.25, 0.3) is 11.4 Å². The van der Waals surface area contributed by atoms with Crippen LogP contribution in [0.1, 0.15) is 59.6 Å². The van der Waals surface area contributed by atoms with E-state index in [4.69, 9.17) is 5.14 Å². The van der Waals surface area contributed by atoms with Crippen LogP contribution < -0.4 is 5.14 Å². The minimum Gasteiger partial charge on any atom is -0.326 e. The summed E-state index contributed by atoms with van der Waals surface area (Å²) in [5.41, 5.74) is 1.75. The second-order valence-corrected chi connectivity index (χ2v) is 11.7. The first kappa shape index (κ1) is 31.1. The molecule has 0 saturated carbocycles. The molecule has 4 aromatic rings. The number of unbranched alkanes of at least 4 members (excludes halogenated alkanes) is 1. The number of alkyl halides is 3. The fraction of sp³-hybridized carbons (Fsp3) is 0.290. The maximum Gasteiger partial charge on any atom is 0.435 e. The van der Waals surface area contributed by atoms with Gasteiger partial charge in [-0.25, -0.2) is 18.5 Å². The highest BCUT2D eigenvalue weighted by atomic mass is 32.2. The lowest BCUT2D eigenvalue weighted by Gasteiger charge is -2.25. The fourth-order valence-corrected chi connectivity index (χ4v) is 5.28. The molecule has 1 heterocycles. The number of nitrogens with two attached hydrogens (primary N) is 1. The Kier molecular flexibility index (Phi) is 9.65. The first-order chi connectivity index (χ1) is 19.9. The Hall–Kier alpha value is -3.80. The summed E-state index contributed by atoms with van der Waals surface area (Å²) < 4.78 is 68.5. The van der Waals surface area contributed by atoms with Crippen LogP contribution in [0, 0.1) is 0 Å². The van der Waals surface area contributed by atoms with Crippen molar-refractivity contribution in [3.63, 3.8) is 0 Å². The number of hydrogen-bond acceptors (Lipinski definition) is 5. The van der Waals surface area contributed by atoms with Gasteiger partial charge in [0.1, 0.15) is 5.82 Å². The van der Waals surface area contributed by atoms with E-state index in [2.05, 4.69) is 4.98 Å². The van der Waals surface area contributed by atoms with Gasteiger partial charge >= 0.3 is 6.18 Å². The summed E-state index contributed by atoms with van der Waals surface area (Å²) in [6.07, 6.45) is -3.22. The second kappa shape index (κ2) is 13.0. The molecule has 4 rings (SSSR count). The number of imidazole rings is 1. The second-order valence-electron chi connectivity index (χ2n) is 10.2. The highest BCUT2D eigenvalue weighted by molar-refractivity contribution is 7.89. The molecule has 11 heteroatoms. The minimum absolute atomic E-state index is 0.0521. The van der Waals surface area contributed by atoms with E-state index in [1.165, 1.54) is 19.1 Å². The van der Waals surface area contributed by atoms with E-state index in [1.807, 2.05) is 11.8 Å². The highest BCUT2D eigenvalue weighted by Gasteiger charge is 2.39. The van der Waals surface area contributed by atoms with Gasteiger partial charge in [0, 0.05) is 37.3 Å². The normalized spacial score (nSPS) is 12.2. The molecule has 0 saturated heterocycles. The lowest BCUT2D eigenvalue weighted by Crippen LogP contribution is -2.26. The van der Waals surface area contributed by atoms with Crippen LogP contribution in [0.5, 0.6) is 0 Å². The van der Waals surface area contributed by atoms with Crippen LogP contribution >= 0.6 is 0 Å². The molecule has 0 bridgehead atoms. The minimum atomic E-state index is -4.68. The number of nitrogens with zero attached hydrogens (tertiary/aromatic N) is 3. The van der Waals surface area contributed by atoms with Crippen LogP contribution in [0.15, 0.2) is 83.8 Å². The zero-order valence-corrected chi connectivity index (χ0v) is 24.3. The lowest BCUT2D eigenvalue weighted by molar-refractivity contribution is -0.141. The molecule has 42 heavy (non-hydrogen) atoms. The van der Waals surface area contributed by atoms with Crippen molar-refractivity contribution in [1.29, 1.82) is 0 Å². The van der Waals surface area contributed by atoms with Crippen molar-refractivity contribution < 1.29 is 26.4 Å². The van der Waals surface area contributed by atoms with Crippen molar-refractivity contribution in [3.8, 4) is 11.4 Å². The summed E-state index contributed by atoms with van der Waals surface area (Å²) in [5, 5.41) is 5.23. The molecule has 0 radical (unpaired) electrons. The Morgan fingerprint density at radius 1 is 0.905 bits per heavy atom. The highest BCUT2D eigenvalue weighted by Crippen LogP contribution is 2.36. The Morgan fingerprint density at radius 3 is 1.98 bits per heavy atom. The van der Waals surface area contributed by atoms with Gasteiger partial charge in [0.25, 0.3) is 0 Å². The van der Waals surface area contributed by atoms with E-state index >= 15 is 0 Å². The van der Waals surface area contributed by atoms with E-state index in [-0.39, 0.29) is 41.8 Å². The number of hydrogen-bond donors (Lipinski definition) is 1. The van der Waals surface area contributed by atoms with Crippen LogP contribution in [0.4, 0.5) is 13.2 Å². The third kappa shape index (κ3) is 7.72. The monoisotopic (exact) mass is 598 g/mol. The Balaban J connectivity index is 1.78. The van der Waals surface area contributed by atoms with Crippen molar-refractivity contribution in [3.05, 3.63) is 107 Å².